The molecular formula is C10H11ClN2O2. The maximum atomic E-state index is 11.5. The lowest BCUT2D eigenvalue weighted by Crippen LogP contribution is -2.14. The highest BCUT2D eigenvalue weighted by molar-refractivity contribution is 5.85. The Morgan fingerprint density at radius 3 is 2.73 bits per heavy atom. The van der Waals surface area contributed by atoms with Crippen LogP contribution < -0.4 is 5.56 Å². The highest BCUT2D eigenvalue weighted by atomic mass is 35.5. The van der Waals surface area contributed by atoms with E-state index >= 15 is 0 Å². The van der Waals surface area contributed by atoms with Crippen molar-refractivity contribution in [3.63, 3.8) is 0 Å². The van der Waals surface area contributed by atoms with E-state index in [0.717, 1.165) is 0 Å². The van der Waals surface area contributed by atoms with Crippen LogP contribution in [0.4, 0.5) is 0 Å². The summed E-state index contributed by atoms with van der Waals surface area (Å²) in [4.78, 5) is 15.6. The molecule has 2 aromatic heterocycles. The van der Waals surface area contributed by atoms with Crippen molar-refractivity contribution in [1.29, 1.82) is 0 Å². The largest absolute Gasteiger partial charge is 0.504 e. The fraction of sp³-hybridized carbons (Fsp3) is 0.200. The molecule has 0 atom stereocenters. The Bertz CT molecular complexity index is 563. The Kier molecular flexibility index (Phi) is 3.00. The second-order valence-electron chi connectivity index (χ2n) is 3.28. The van der Waals surface area contributed by atoms with E-state index in [1.54, 1.807) is 26.1 Å². The number of pyridine rings is 1. The van der Waals surface area contributed by atoms with Crippen LogP contribution in [0.1, 0.15) is 11.3 Å². The number of nitrogens with zero attached hydrogens (tertiary/aromatic N) is 2. The summed E-state index contributed by atoms with van der Waals surface area (Å²) in [7, 11) is 0. The Morgan fingerprint density at radius 2 is 2.07 bits per heavy atom. The molecule has 0 radical (unpaired) electrons. The van der Waals surface area contributed by atoms with Gasteiger partial charge in [-0.05, 0) is 25.5 Å². The van der Waals surface area contributed by atoms with E-state index in [1.165, 1.54) is 10.5 Å². The quantitative estimate of drug-likeness (QED) is 0.740. The van der Waals surface area contributed by atoms with Crippen molar-refractivity contribution in [2.24, 2.45) is 0 Å². The van der Waals surface area contributed by atoms with Crippen LogP contribution in [-0.2, 0) is 0 Å². The highest BCUT2D eigenvalue weighted by Gasteiger charge is 2.06. The van der Waals surface area contributed by atoms with Gasteiger partial charge in [-0.25, -0.2) is 4.98 Å². The predicted octanol–water partition coefficient (Wildman–Crippen LogP) is 1.44. The molecule has 5 heteroatoms. The van der Waals surface area contributed by atoms with Gasteiger partial charge in [0.05, 0.1) is 0 Å². The van der Waals surface area contributed by atoms with Gasteiger partial charge < -0.3 is 5.11 Å². The zero-order valence-corrected chi connectivity index (χ0v) is 9.21. The lowest BCUT2D eigenvalue weighted by atomic mass is 10.2. The van der Waals surface area contributed by atoms with Crippen molar-refractivity contribution in [3.8, 4) is 5.75 Å². The molecule has 0 aliphatic rings. The van der Waals surface area contributed by atoms with Gasteiger partial charge in [-0.3, -0.25) is 9.20 Å². The van der Waals surface area contributed by atoms with Crippen molar-refractivity contribution in [3.05, 3.63) is 39.9 Å². The molecule has 2 heterocycles. The molecule has 15 heavy (non-hydrogen) atoms. The Labute approximate surface area is 92.6 Å². The number of hydrogen-bond donors (Lipinski definition) is 1. The van der Waals surface area contributed by atoms with Gasteiger partial charge in [0.15, 0.2) is 11.4 Å². The van der Waals surface area contributed by atoms with E-state index in [4.69, 9.17) is 0 Å². The summed E-state index contributed by atoms with van der Waals surface area (Å²) in [5, 5.41) is 9.68. The normalized spacial score (nSPS) is 10.0. The zero-order chi connectivity index (χ0) is 10.3. The first kappa shape index (κ1) is 11.5. The van der Waals surface area contributed by atoms with E-state index in [9.17, 15) is 9.90 Å². The lowest BCUT2D eigenvalue weighted by molar-refractivity contribution is 0.472. The van der Waals surface area contributed by atoms with Gasteiger partial charge >= 0.3 is 0 Å². The van der Waals surface area contributed by atoms with Crippen molar-refractivity contribution in [1.82, 2.24) is 9.38 Å². The smallest absolute Gasteiger partial charge is 0.258 e. The van der Waals surface area contributed by atoms with Crippen LogP contribution in [0, 0.1) is 13.8 Å². The molecule has 80 valence electrons. The van der Waals surface area contributed by atoms with E-state index < -0.39 is 0 Å². The van der Waals surface area contributed by atoms with Crippen LogP contribution in [-0.4, -0.2) is 14.5 Å². The fourth-order valence-electron chi connectivity index (χ4n) is 1.36. The van der Waals surface area contributed by atoms with Crippen LogP contribution in [0.15, 0.2) is 23.1 Å². The van der Waals surface area contributed by atoms with Gasteiger partial charge in [-0.15, -0.1) is 12.4 Å². The van der Waals surface area contributed by atoms with Crippen molar-refractivity contribution >= 4 is 18.1 Å². The second kappa shape index (κ2) is 3.90. The summed E-state index contributed by atoms with van der Waals surface area (Å²) < 4.78 is 1.33. The third kappa shape index (κ3) is 1.80. The average molecular weight is 227 g/mol. The SMILES string of the molecule is Cc1cc(=O)n2ccc(C)c(O)c2n1.Cl. The van der Waals surface area contributed by atoms with E-state index in [-0.39, 0.29) is 23.7 Å². The third-order valence-electron chi connectivity index (χ3n) is 2.14. The molecule has 0 aliphatic heterocycles. The number of rotatable bonds is 0. The first-order chi connectivity index (χ1) is 6.59. The van der Waals surface area contributed by atoms with E-state index in [0.29, 0.717) is 16.9 Å². The minimum atomic E-state index is -0.178. The number of aromatic hydroxyl groups is 1. The first-order valence-electron chi connectivity index (χ1n) is 4.28. The van der Waals surface area contributed by atoms with Gasteiger partial charge in [-0.1, -0.05) is 0 Å². The first-order valence-corrected chi connectivity index (χ1v) is 4.28. The molecule has 1 N–H and O–H groups in total. The van der Waals surface area contributed by atoms with Crippen molar-refractivity contribution < 1.29 is 5.11 Å². The standard InChI is InChI=1S/C10H10N2O2.ClH/c1-6-3-4-12-8(13)5-7(2)11-10(12)9(6)14;/h3-5,14H,1-2H3;1H. The molecule has 0 unspecified atom stereocenters. The minimum absolute atomic E-state index is 0. The van der Waals surface area contributed by atoms with Crippen LogP contribution in [0.25, 0.3) is 5.65 Å². The van der Waals surface area contributed by atoms with Gasteiger partial charge in [0.25, 0.3) is 5.56 Å². The predicted molar refractivity (Wildman–Crippen MR) is 59.8 cm³/mol. The molecule has 0 amide bonds. The van der Waals surface area contributed by atoms with Gasteiger partial charge in [0.2, 0.25) is 0 Å². The summed E-state index contributed by atoms with van der Waals surface area (Å²) in [6.07, 6.45) is 1.61. The Morgan fingerprint density at radius 1 is 1.40 bits per heavy atom. The van der Waals surface area contributed by atoms with Crippen molar-refractivity contribution in [2.45, 2.75) is 13.8 Å². The molecule has 2 aromatic rings. The van der Waals surface area contributed by atoms with Crippen LogP contribution in [0.2, 0.25) is 0 Å². The molecule has 0 spiro atoms. The fourth-order valence-corrected chi connectivity index (χ4v) is 1.36. The summed E-state index contributed by atoms with van der Waals surface area (Å²) >= 11 is 0. The molecule has 0 aromatic carbocycles. The Hall–Kier alpha value is -1.55. The summed E-state index contributed by atoms with van der Waals surface area (Å²) in [5.74, 6) is 0.0632. The molecule has 0 bridgehead atoms. The summed E-state index contributed by atoms with van der Waals surface area (Å²) in [6.45, 7) is 3.49. The van der Waals surface area contributed by atoms with Gasteiger partial charge in [-0.2, -0.15) is 0 Å². The number of halogens is 1. The molecule has 0 aliphatic carbocycles. The van der Waals surface area contributed by atoms with Gasteiger partial charge in [0.1, 0.15) is 0 Å². The van der Waals surface area contributed by atoms with Crippen LogP contribution >= 0.6 is 12.4 Å². The van der Waals surface area contributed by atoms with Gasteiger partial charge in [0, 0.05) is 18.0 Å². The molecular weight excluding hydrogens is 216 g/mol. The molecule has 2 rings (SSSR count). The monoisotopic (exact) mass is 226 g/mol. The summed E-state index contributed by atoms with van der Waals surface area (Å²) in [5.41, 5.74) is 1.45. The van der Waals surface area contributed by atoms with Crippen LogP contribution in [0.5, 0.6) is 5.75 Å². The zero-order valence-electron chi connectivity index (χ0n) is 8.39. The number of aryl methyl sites for hydroxylation is 2. The van der Waals surface area contributed by atoms with E-state index in [2.05, 4.69) is 4.98 Å². The summed E-state index contributed by atoms with van der Waals surface area (Å²) in [6, 6.07) is 3.11. The number of fused-ring (bicyclic) bond motifs is 1. The maximum absolute atomic E-state index is 11.5. The number of aromatic nitrogens is 2. The minimum Gasteiger partial charge on any atom is -0.504 e. The molecule has 0 saturated carbocycles. The lowest BCUT2D eigenvalue weighted by Gasteiger charge is -2.04. The highest BCUT2D eigenvalue weighted by Crippen LogP contribution is 2.19. The molecule has 4 nitrogen and oxygen atoms in total. The molecule has 0 saturated heterocycles. The maximum Gasteiger partial charge on any atom is 0.258 e. The van der Waals surface area contributed by atoms with Crippen molar-refractivity contribution in [2.75, 3.05) is 0 Å². The number of hydrogen-bond acceptors (Lipinski definition) is 3. The average Bonchev–Trinajstić information content (AvgIpc) is 2.12. The Balaban J connectivity index is 0.00000112. The third-order valence-corrected chi connectivity index (χ3v) is 2.14. The topological polar surface area (TPSA) is 54.6 Å². The molecule has 0 fully saturated rings. The second-order valence-corrected chi connectivity index (χ2v) is 3.28. The van der Waals surface area contributed by atoms with Crippen LogP contribution in [0.3, 0.4) is 0 Å². The van der Waals surface area contributed by atoms with E-state index in [1.807, 2.05) is 0 Å².